The Morgan fingerprint density at radius 2 is 1.69 bits per heavy atom. The van der Waals surface area contributed by atoms with Gasteiger partial charge in [-0.05, 0) is 36.8 Å². The van der Waals surface area contributed by atoms with Gasteiger partial charge in [0.25, 0.3) is 5.91 Å². The standard InChI is InChI=1S/C33H26N4O5/c1-32-33(40,17-35-31(39)41-18-9-3-2-4-10-18)15-24(42-32)36-22-13-7-5-11-19(22)26-27-21(16-34-30(27)38)25-20-12-6-8-14-23(20)37(32)29(25)28(26)36/h2-14,24,40H,15-17H2,1H3,(H,34,38)(H,35,39). The number of amides is 2. The van der Waals surface area contributed by atoms with Gasteiger partial charge in [-0.25, -0.2) is 4.79 Å². The lowest BCUT2D eigenvalue weighted by Crippen LogP contribution is -2.57. The summed E-state index contributed by atoms with van der Waals surface area (Å²) in [7, 11) is 0. The first-order valence-corrected chi connectivity index (χ1v) is 14.1. The molecular weight excluding hydrogens is 532 g/mol. The van der Waals surface area contributed by atoms with E-state index in [9.17, 15) is 14.7 Å². The summed E-state index contributed by atoms with van der Waals surface area (Å²) in [6, 6.07) is 24.9. The lowest BCUT2D eigenvalue weighted by atomic mass is 9.88. The molecule has 2 amide bonds. The zero-order valence-corrected chi connectivity index (χ0v) is 22.7. The van der Waals surface area contributed by atoms with E-state index in [2.05, 4.69) is 25.8 Å². The van der Waals surface area contributed by atoms with Gasteiger partial charge in [0.2, 0.25) is 0 Å². The van der Waals surface area contributed by atoms with Gasteiger partial charge in [0, 0.05) is 34.5 Å². The van der Waals surface area contributed by atoms with Crippen molar-refractivity contribution in [1.82, 2.24) is 19.8 Å². The number of fused-ring (bicyclic) bond motifs is 13. The number of nitrogens with one attached hydrogen (secondary N) is 2. The highest BCUT2D eigenvalue weighted by molar-refractivity contribution is 6.31. The number of ether oxygens (including phenoxy) is 2. The highest BCUT2D eigenvalue weighted by Gasteiger charge is 2.61. The summed E-state index contributed by atoms with van der Waals surface area (Å²) >= 11 is 0. The average Bonchev–Trinajstić information content (AvgIpc) is 3.69. The number of aromatic nitrogens is 2. The van der Waals surface area contributed by atoms with Gasteiger partial charge in [-0.3, -0.25) is 4.79 Å². The second-order valence-corrected chi connectivity index (χ2v) is 11.6. The fraction of sp³-hybridized carbons (Fsp3) is 0.212. The van der Waals surface area contributed by atoms with E-state index in [-0.39, 0.29) is 18.9 Å². The van der Waals surface area contributed by atoms with E-state index < -0.39 is 23.6 Å². The second kappa shape index (κ2) is 7.90. The van der Waals surface area contributed by atoms with Crippen molar-refractivity contribution in [3.8, 4) is 5.75 Å². The Morgan fingerprint density at radius 3 is 2.48 bits per heavy atom. The number of nitrogens with zero attached hydrogens (tertiary/aromatic N) is 2. The maximum absolute atomic E-state index is 13.4. The van der Waals surface area contributed by atoms with Crippen LogP contribution in [-0.2, 0) is 17.0 Å². The number of rotatable bonds is 3. The molecule has 0 radical (unpaired) electrons. The van der Waals surface area contributed by atoms with Gasteiger partial charge in [0.15, 0.2) is 5.72 Å². The number of carbonyl (C=O) groups is 2. The Hall–Kier alpha value is -4.86. The molecule has 42 heavy (non-hydrogen) atoms. The van der Waals surface area contributed by atoms with Crippen molar-refractivity contribution >= 4 is 55.6 Å². The van der Waals surface area contributed by atoms with Crippen LogP contribution in [0.1, 0.15) is 35.5 Å². The van der Waals surface area contributed by atoms with Crippen molar-refractivity contribution < 1.29 is 24.2 Å². The quantitative estimate of drug-likeness (QED) is 0.274. The Morgan fingerprint density at radius 1 is 1.00 bits per heavy atom. The van der Waals surface area contributed by atoms with Crippen LogP contribution in [0.25, 0.3) is 43.6 Å². The van der Waals surface area contributed by atoms with Gasteiger partial charge < -0.3 is 34.3 Å². The molecule has 1 fully saturated rings. The molecule has 9 nitrogen and oxygen atoms in total. The lowest BCUT2D eigenvalue weighted by Gasteiger charge is -2.39. The molecule has 3 unspecified atom stereocenters. The largest absolute Gasteiger partial charge is 0.412 e. The van der Waals surface area contributed by atoms with E-state index in [4.69, 9.17) is 9.47 Å². The molecule has 3 atom stereocenters. The van der Waals surface area contributed by atoms with Crippen LogP contribution in [0.4, 0.5) is 4.79 Å². The molecule has 5 heterocycles. The topological polar surface area (TPSA) is 107 Å². The average molecular weight is 559 g/mol. The van der Waals surface area contributed by atoms with E-state index in [1.807, 2.05) is 55.5 Å². The first kappa shape index (κ1) is 23.8. The third kappa shape index (κ3) is 2.79. The Labute approximate surface area is 239 Å². The fourth-order valence-corrected chi connectivity index (χ4v) is 7.61. The number of hydrogen-bond acceptors (Lipinski definition) is 5. The minimum absolute atomic E-state index is 0.0780. The maximum Gasteiger partial charge on any atom is 0.412 e. The number of benzene rings is 4. The van der Waals surface area contributed by atoms with Gasteiger partial charge in [-0.15, -0.1) is 0 Å². The Kier molecular flexibility index (Phi) is 4.48. The molecule has 9 rings (SSSR count). The zero-order valence-electron chi connectivity index (χ0n) is 22.7. The van der Waals surface area contributed by atoms with Crippen LogP contribution in [0.5, 0.6) is 5.75 Å². The molecule has 2 aromatic heterocycles. The van der Waals surface area contributed by atoms with Gasteiger partial charge in [0.1, 0.15) is 17.6 Å². The molecule has 9 heteroatoms. The van der Waals surface area contributed by atoms with Crippen LogP contribution >= 0.6 is 0 Å². The van der Waals surface area contributed by atoms with Crippen molar-refractivity contribution in [3.05, 3.63) is 90.0 Å². The van der Waals surface area contributed by atoms with Gasteiger partial charge >= 0.3 is 6.09 Å². The highest BCUT2D eigenvalue weighted by atomic mass is 16.6. The smallest absolute Gasteiger partial charge is 0.410 e. The summed E-state index contributed by atoms with van der Waals surface area (Å²) < 4.78 is 16.6. The van der Waals surface area contributed by atoms with Crippen LogP contribution in [0.15, 0.2) is 78.9 Å². The van der Waals surface area contributed by atoms with Gasteiger partial charge in [0.05, 0.1) is 34.2 Å². The molecule has 3 aliphatic rings. The molecule has 0 saturated carbocycles. The number of carbonyl (C=O) groups excluding carboxylic acids is 2. The van der Waals surface area contributed by atoms with E-state index in [1.165, 1.54) is 0 Å². The zero-order chi connectivity index (χ0) is 28.4. The SMILES string of the molecule is CC12OC(CC1(O)CNC(=O)Oc1ccccc1)n1c3ccccc3c3c4c(c5c6ccccc6n2c5c31)CNC4=O. The monoisotopic (exact) mass is 558 g/mol. The van der Waals surface area contributed by atoms with Crippen LogP contribution in [-0.4, -0.2) is 38.4 Å². The number of hydrogen-bond donors (Lipinski definition) is 3. The van der Waals surface area contributed by atoms with E-state index >= 15 is 0 Å². The Balaban J connectivity index is 1.32. The van der Waals surface area contributed by atoms with Crippen LogP contribution in [0.2, 0.25) is 0 Å². The molecular formula is C33H26N4O5. The minimum Gasteiger partial charge on any atom is -0.410 e. The highest BCUT2D eigenvalue weighted by Crippen LogP contribution is 2.57. The molecule has 3 aliphatic heterocycles. The molecule has 6 aromatic rings. The summed E-state index contributed by atoms with van der Waals surface area (Å²) in [6.45, 7) is 2.22. The normalized spacial score (nSPS) is 24.0. The van der Waals surface area contributed by atoms with Crippen LogP contribution < -0.4 is 15.4 Å². The number of aliphatic hydroxyl groups is 1. The summed E-state index contributed by atoms with van der Waals surface area (Å²) in [5, 5.41) is 22.2. The van der Waals surface area contributed by atoms with Crippen molar-refractivity contribution in [1.29, 1.82) is 0 Å². The lowest BCUT2D eigenvalue weighted by molar-refractivity contribution is -0.175. The predicted molar refractivity (Wildman–Crippen MR) is 157 cm³/mol. The van der Waals surface area contributed by atoms with Gasteiger partial charge in [-0.1, -0.05) is 54.6 Å². The molecule has 2 bridgehead atoms. The number of para-hydroxylation sites is 3. The fourth-order valence-electron chi connectivity index (χ4n) is 7.61. The summed E-state index contributed by atoms with van der Waals surface area (Å²) in [5.74, 6) is 0.336. The summed E-state index contributed by atoms with van der Waals surface area (Å²) in [4.78, 5) is 26.2. The van der Waals surface area contributed by atoms with Crippen LogP contribution in [0.3, 0.4) is 0 Å². The molecule has 208 valence electrons. The van der Waals surface area contributed by atoms with Gasteiger partial charge in [-0.2, -0.15) is 0 Å². The van der Waals surface area contributed by atoms with Crippen molar-refractivity contribution in [2.24, 2.45) is 0 Å². The van der Waals surface area contributed by atoms with Crippen molar-refractivity contribution in [2.75, 3.05) is 6.54 Å². The van der Waals surface area contributed by atoms with E-state index in [0.29, 0.717) is 17.9 Å². The second-order valence-electron chi connectivity index (χ2n) is 11.6. The maximum atomic E-state index is 13.4. The van der Waals surface area contributed by atoms with E-state index in [0.717, 1.165) is 49.2 Å². The molecule has 1 saturated heterocycles. The molecule has 3 N–H and O–H groups in total. The molecule has 0 spiro atoms. The first-order valence-electron chi connectivity index (χ1n) is 14.1. The molecule has 4 aromatic carbocycles. The van der Waals surface area contributed by atoms with E-state index in [1.54, 1.807) is 24.3 Å². The third-order valence-corrected chi connectivity index (χ3v) is 9.45. The molecule has 0 aliphatic carbocycles. The van der Waals surface area contributed by atoms with Crippen molar-refractivity contribution in [2.45, 2.75) is 37.4 Å². The predicted octanol–water partition coefficient (Wildman–Crippen LogP) is 5.27. The summed E-state index contributed by atoms with van der Waals surface area (Å²) in [6.07, 6.45) is -1.00. The summed E-state index contributed by atoms with van der Waals surface area (Å²) in [5.41, 5.74) is 2.52. The minimum atomic E-state index is -1.51. The Bertz CT molecular complexity index is 2170. The third-order valence-electron chi connectivity index (χ3n) is 9.45. The first-order chi connectivity index (χ1) is 20.4. The van der Waals surface area contributed by atoms with Crippen LogP contribution in [0, 0.1) is 0 Å². The van der Waals surface area contributed by atoms with Crippen molar-refractivity contribution in [3.63, 3.8) is 0 Å².